The van der Waals surface area contributed by atoms with Gasteiger partial charge in [0, 0.05) is 15.0 Å². The molecule has 26 heteroatoms. The first-order valence-corrected chi connectivity index (χ1v) is 41.0. The average Bonchev–Trinajstić information content (AvgIpc) is 3.73. The molecule has 2 atom stereocenters. The molecule has 2 aliphatic rings. The molecule has 8 N–H and O–H groups in total. The molecule has 2 aliphatic heterocycles. The third-order valence-electron chi connectivity index (χ3n) is 8.83. The molecule has 0 radical (unpaired) electrons. The van der Waals surface area contributed by atoms with Gasteiger partial charge < -0.3 is 67.7 Å². The first kappa shape index (κ1) is 92.3. The van der Waals surface area contributed by atoms with Crippen molar-refractivity contribution >= 4 is 143 Å². The number of alkyl carbamates (subject to hydrolysis) is 4. The topological polar surface area (TPSA) is 281 Å². The van der Waals surface area contributed by atoms with Gasteiger partial charge in [0.05, 0.1) is 24.2 Å². The van der Waals surface area contributed by atoms with Gasteiger partial charge in [-0.05, 0) is 127 Å². The second-order valence-corrected chi connectivity index (χ2v) is 60.3. The van der Waals surface area contributed by atoms with E-state index in [0.717, 1.165) is 21.5 Å². The molecular formula is C58H100ClI4N7O13V-. The van der Waals surface area contributed by atoms with Gasteiger partial charge in [0.2, 0.25) is 11.8 Å². The summed E-state index contributed by atoms with van der Waals surface area (Å²) in [5.74, 6) is -0.964. The van der Waals surface area contributed by atoms with Crippen molar-refractivity contribution in [1.82, 2.24) is 31.9 Å². The van der Waals surface area contributed by atoms with E-state index >= 15 is 0 Å². The van der Waals surface area contributed by atoms with Crippen LogP contribution in [0.4, 0.5) is 19.2 Å². The van der Waals surface area contributed by atoms with Crippen molar-refractivity contribution in [2.45, 2.75) is 221 Å². The second kappa shape index (κ2) is 47.1. The summed E-state index contributed by atoms with van der Waals surface area (Å²) in [6.07, 6.45) is 1.95. The zero-order chi connectivity index (χ0) is 64.9. The van der Waals surface area contributed by atoms with Crippen molar-refractivity contribution in [3.05, 3.63) is 90.5 Å². The number of esters is 1. The van der Waals surface area contributed by atoms with E-state index in [1.165, 1.54) is 19.6 Å². The summed E-state index contributed by atoms with van der Waals surface area (Å²) >= 11 is 9.73. The van der Waals surface area contributed by atoms with Crippen LogP contribution in [0.15, 0.2) is 72.4 Å². The molecule has 0 aliphatic carbocycles. The number of ether oxygens (including phenoxy) is 5. The molecule has 20 nitrogen and oxygen atoms in total. The Morgan fingerprint density at radius 1 is 0.702 bits per heavy atom. The number of alkyl halides is 1. The van der Waals surface area contributed by atoms with Gasteiger partial charge in [-0.15, -0.1) is 12.4 Å². The van der Waals surface area contributed by atoms with Crippen molar-refractivity contribution in [2.75, 3.05) is 7.11 Å². The molecule has 4 rings (SSSR count). The second-order valence-electron chi connectivity index (χ2n) is 22.5. The van der Waals surface area contributed by atoms with Crippen LogP contribution in [0.5, 0.6) is 0 Å². The Labute approximate surface area is 560 Å². The van der Waals surface area contributed by atoms with Gasteiger partial charge >= 0.3 is 95.2 Å². The van der Waals surface area contributed by atoms with Crippen LogP contribution in [-0.2, 0) is 61.0 Å². The van der Waals surface area contributed by atoms with Gasteiger partial charge in [-0.1, -0.05) is 125 Å². The maximum absolute atomic E-state index is 12.1. The third-order valence-corrected chi connectivity index (χ3v) is 8.83. The van der Waals surface area contributed by atoms with Gasteiger partial charge in [0.1, 0.15) is 42.4 Å². The molecule has 0 aromatic heterocycles. The molecule has 2 aromatic rings. The van der Waals surface area contributed by atoms with Gasteiger partial charge in [-0.2, -0.15) is 6.92 Å². The third kappa shape index (κ3) is 55.7. The molecule has 0 saturated carbocycles. The van der Waals surface area contributed by atoms with E-state index in [1.807, 2.05) is 88.4 Å². The molecule has 2 aromatic carbocycles. The van der Waals surface area contributed by atoms with Gasteiger partial charge in [-0.25, -0.2) is 24.0 Å². The van der Waals surface area contributed by atoms with Crippen molar-refractivity contribution in [2.24, 2.45) is 5.73 Å². The number of hydrogen-bond donors (Lipinski definition) is 7. The SMILES string of the molecule is C.CC(C)(C=O)NC(=O)OCc1ccccc1.CC(C)I.CC1(C)CC(N)C(=O)N1.CC1(C)CC(NC(=O)OC(C)(C)C)C(=O)N1.CCC.COC(=O)/C(=C/C(C)(C)NC(=O)OCc1ccccc1)NC(=O)OC(C)(C)C.Cl.[CH2-]C.[I][V]([I])[I]. The number of carbonyl (C=O) groups excluding carboxylic acids is 8. The number of halogens is 5. The number of nitrogens with two attached hydrogens (primary N) is 1. The molecule has 0 bridgehead atoms. The van der Waals surface area contributed by atoms with Crippen LogP contribution >= 0.6 is 94.9 Å². The minimum absolute atomic E-state index is 0. The number of hydrogen-bond acceptors (Lipinski definition) is 14. The Hall–Kier alpha value is -2.91. The number of rotatable bonds is 11. The zero-order valence-electron chi connectivity index (χ0n) is 52.2. The number of methoxy groups -OCH3 is 1. The average molecular weight is 1700 g/mol. The van der Waals surface area contributed by atoms with Crippen molar-refractivity contribution in [3.8, 4) is 0 Å². The molecular weight excluding hydrogens is 1600 g/mol. The molecule has 2 fully saturated rings. The van der Waals surface area contributed by atoms with Gasteiger partial charge in [-0.3, -0.25) is 14.9 Å². The fourth-order valence-corrected chi connectivity index (χ4v) is 5.90. The standard InChI is InChI=1S/C20H28N2O6.C12H15NO3.C11H20N2O3.C6H12N2O.C3H7I.C3H8.C2H5.CH4.ClH.3HI.V/c1-19(2,3)28-17(24)21-15(16(23)26-6)12-20(4,5)22-18(25)27-13-14-10-8-7-9-11-14;1-12(2,9-14)13-11(15)16-8-10-6-4-3-5-7-10;1-10(2,3)16-9(15)12-7-6-11(4,5)13-8(7)14;1-6(2)3-4(7)5(9)8-6;1-3(2)4;1-3-2;1-2;;;;;;/h7-12H,13H2,1-6H3,(H,21,24)(H,22,25);3-7,9H,8H2,1-2H3,(H,13,15);7H,6H2,1-5H3,(H,12,15)(H,13,14);4H,3,7H2,1-2H3,(H,8,9);3H,1-2H3;3H2,1-2H3;1H2,2H3;1H4;4*1H;/q;;;;;;-1;;;;;;+3/p-3/b15-12-;;;;;;;;;;;;. The summed E-state index contributed by atoms with van der Waals surface area (Å²) in [6.45, 7) is 38.5. The predicted octanol–water partition coefficient (Wildman–Crippen LogP) is 13.8. The summed E-state index contributed by atoms with van der Waals surface area (Å²) in [6, 6.07) is 17.8. The van der Waals surface area contributed by atoms with Crippen LogP contribution in [0.1, 0.15) is 169 Å². The van der Waals surface area contributed by atoms with Crippen LogP contribution in [0.3, 0.4) is 0 Å². The number of benzene rings is 2. The van der Waals surface area contributed by atoms with E-state index in [-0.39, 0.29) is 72.6 Å². The van der Waals surface area contributed by atoms with E-state index in [2.05, 4.69) is 154 Å². The van der Waals surface area contributed by atoms with Crippen LogP contribution in [0, 0.1) is 6.92 Å². The Morgan fingerprint density at radius 3 is 1.33 bits per heavy atom. The number of aldehydes is 1. The molecule has 2 heterocycles. The maximum atomic E-state index is 12.1. The summed E-state index contributed by atoms with van der Waals surface area (Å²) in [7, 11) is 1.18. The minimum atomic E-state index is -1.02. The zero-order valence-corrected chi connectivity index (χ0v) is 63.0. The quantitative estimate of drug-likeness (QED) is 0.0210. The Balaban J connectivity index is -0.000000234. The Morgan fingerprint density at radius 2 is 1.05 bits per heavy atom. The number of nitrogens with one attached hydrogen (secondary N) is 6. The summed E-state index contributed by atoms with van der Waals surface area (Å²) < 4.78 is 25.8. The molecule has 0 spiro atoms. The van der Waals surface area contributed by atoms with Crippen molar-refractivity contribution in [1.29, 1.82) is 0 Å². The van der Waals surface area contributed by atoms with Gasteiger partial charge in [0.15, 0.2) is 0 Å². The van der Waals surface area contributed by atoms with Crippen LogP contribution in [0.2, 0.25) is 0 Å². The normalized spacial score (nSPS) is 15.2. The summed E-state index contributed by atoms with van der Waals surface area (Å²) in [5, 5.41) is 15.6. The van der Waals surface area contributed by atoms with Crippen molar-refractivity contribution < 1.29 is 67.0 Å². The van der Waals surface area contributed by atoms with Crippen LogP contribution in [0.25, 0.3) is 0 Å². The Bertz CT molecular complexity index is 2220. The molecule has 486 valence electrons. The van der Waals surface area contributed by atoms with Gasteiger partial charge in [0.25, 0.3) is 0 Å². The summed E-state index contributed by atoms with van der Waals surface area (Å²) in [5.41, 5.74) is 3.47. The first-order chi connectivity index (χ1) is 37.4. The van der Waals surface area contributed by atoms with E-state index in [0.29, 0.717) is 12.7 Å². The van der Waals surface area contributed by atoms with Crippen LogP contribution in [-0.4, -0.2) is 105 Å². The number of amides is 6. The predicted molar refractivity (Wildman–Crippen MR) is 370 cm³/mol. The number of carbonyl (C=O) groups is 8. The van der Waals surface area contributed by atoms with E-state index in [9.17, 15) is 38.4 Å². The Kier molecular flexibility index (Phi) is 51.8. The molecule has 2 saturated heterocycles. The van der Waals surface area contributed by atoms with Crippen LogP contribution < -0.4 is 37.6 Å². The fourth-order valence-electron chi connectivity index (χ4n) is 5.90. The summed E-state index contributed by atoms with van der Waals surface area (Å²) in [4.78, 5) is 91.3. The van der Waals surface area contributed by atoms with E-state index < -0.39 is 58.7 Å². The van der Waals surface area contributed by atoms with Crippen molar-refractivity contribution in [3.63, 3.8) is 0 Å². The molecule has 84 heavy (non-hydrogen) atoms. The van der Waals surface area contributed by atoms with E-state index in [4.69, 9.17) is 24.7 Å². The fraction of sp³-hybridized carbons (Fsp3) is 0.603. The first-order valence-electron chi connectivity index (χ1n) is 26.2. The monoisotopic (exact) mass is 1700 g/mol. The van der Waals surface area contributed by atoms with E-state index in [1.54, 1.807) is 76.2 Å². The molecule has 6 amide bonds. The molecule has 2 unspecified atom stereocenters.